The minimum atomic E-state index is -0.166. The van der Waals surface area contributed by atoms with E-state index >= 15 is 0 Å². The summed E-state index contributed by atoms with van der Waals surface area (Å²) in [5.74, 6) is 1.12. The van der Waals surface area contributed by atoms with Crippen LogP contribution in [0.15, 0.2) is 24.3 Å². The van der Waals surface area contributed by atoms with Crippen molar-refractivity contribution in [1.82, 2.24) is 0 Å². The van der Waals surface area contributed by atoms with Crippen LogP contribution in [0.5, 0.6) is 11.5 Å². The van der Waals surface area contributed by atoms with E-state index in [9.17, 15) is 4.79 Å². The number of ether oxygens (including phenoxy) is 2. The predicted octanol–water partition coefficient (Wildman–Crippen LogP) is 4.07. The lowest BCUT2D eigenvalue weighted by Crippen LogP contribution is -2.19. The van der Waals surface area contributed by atoms with Crippen molar-refractivity contribution in [2.24, 2.45) is 5.92 Å². The van der Waals surface area contributed by atoms with Crippen LogP contribution < -0.4 is 9.47 Å². The molecule has 1 aromatic carbocycles. The summed E-state index contributed by atoms with van der Waals surface area (Å²) in [6, 6.07) is 5.42. The molecule has 3 nitrogen and oxygen atoms in total. The first-order valence-corrected chi connectivity index (χ1v) is 6.68. The van der Waals surface area contributed by atoms with Gasteiger partial charge in [-0.2, -0.15) is 0 Å². The van der Waals surface area contributed by atoms with Gasteiger partial charge in [0.1, 0.15) is 11.5 Å². The van der Waals surface area contributed by atoms with E-state index in [4.69, 9.17) is 9.47 Å². The molecule has 3 heteroatoms. The Bertz CT molecular complexity index is 445. The van der Waals surface area contributed by atoms with Gasteiger partial charge in [-0.15, -0.1) is 0 Å². The summed E-state index contributed by atoms with van der Waals surface area (Å²) < 4.78 is 10.7. The van der Waals surface area contributed by atoms with Gasteiger partial charge < -0.3 is 9.47 Å². The molecule has 0 aliphatic rings. The van der Waals surface area contributed by atoms with Crippen molar-refractivity contribution < 1.29 is 14.3 Å². The SMILES string of the molecule is C/C=C/c1cc(OC)ccc1OC(=O)C(CC)CC. The number of esters is 1. The van der Waals surface area contributed by atoms with Gasteiger partial charge in [0, 0.05) is 5.56 Å². The maximum atomic E-state index is 12.0. The molecular formula is C16H22O3. The average Bonchev–Trinajstić information content (AvgIpc) is 2.42. The maximum Gasteiger partial charge on any atom is 0.314 e. The molecule has 0 saturated heterocycles. The zero-order valence-electron chi connectivity index (χ0n) is 12.1. The van der Waals surface area contributed by atoms with E-state index in [1.54, 1.807) is 19.2 Å². The molecule has 0 spiro atoms. The molecule has 104 valence electrons. The smallest absolute Gasteiger partial charge is 0.314 e. The highest BCUT2D eigenvalue weighted by atomic mass is 16.5. The van der Waals surface area contributed by atoms with Crippen molar-refractivity contribution in [3.05, 3.63) is 29.8 Å². The van der Waals surface area contributed by atoms with Gasteiger partial charge in [0.05, 0.1) is 13.0 Å². The third-order valence-corrected chi connectivity index (χ3v) is 3.09. The Morgan fingerprint density at radius 3 is 2.53 bits per heavy atom. The standard InChI is InChI=1S/C16H22O3/c1-5-8-13-11-14(18-4)9-10-15(13)19-16(17)12(6-2)7-3/h5,8-12H,6-7H2,1-4H3/b8-5+. The quantitative estimate of drug-likeness (QED) is 0.572. The number of benzene rings is 1. The summed E-state index contributed by atoms with van der Waals surface area (Å²) in [6.07, 6.45) is 5.40. The van der Waals surface area contributed by atoms with Crippen molar-refractivity contribution in [3.8, 4) is 11.5 Å². The third kappa shape index (κ3) is 4.12. The fourth-order valence-corrected chi connectivity index (χ4v) is 1.87. The molecule has 0 aliphatic carbocycles. The van der Waals surface area contributed by atoms with Crippen LogP contribution in [-0.4, -0.2) is 13.1 Å². The zero-order valence-corrected chi connectivity index (χ0v) is 12.1. The molecule has 0 N–H and O–H groups in total. The van der Waals surface area contributed by atoms with Crippen molar-refractivity contribution in [3.63, 3.8) is 0 Å². The Hall–Kier alpha value is -1.77. The van der Waals surface area contributed by atoms with Crippen LogP contribution in [0.1, 0.15) is 39.2 Å². The lowest BCUT2D eigenvalue weighted by molar-refractivity contribution is -0.139. The topological polar surface area (TPSA) is 35.5 Å². The number of carbonyl (C=O) groups is 1. The molecule has 19 heavy (non-hydrogen) atoms. The highest BCUT2D eigenvalue weighted by molar-refractivity contribution is 5.76. The second-order valence-corrected chi connectivity index (χ2v) is 4.34. The molecule has 0 aliphatic heterocycles. The van der Waals surface area contributed by atoms with Crippen molar-refractivity contribution >= 4 is 12.0 Å². The molecule has 0 unspecified atom stereocenters. The minimum Gasteiger partial charge on any atom is -0.497 e. The molecule has 0 atom stereocenters. The third-order valence-electron chi connectivity index (χ3n) is 3.09. The number of rotatable bonds is 6. The fraction of sp³-hybridized carbons (Fsp3) is 0.438. The summed E-state index contributed by atoms with van der Waals surface area (Å²) in [6.45, 7) is 5.92. The maximum absolute atomic E-state index is 12.0. The molecule has 0 saturated carbocycles. The van der Waals surface area contributed by atoms with Crippen molar-refractivity contribution in [2.75, 3.05) is 7.11 Å². The predicted molar refractivity (Wildman–Crippen MR) is 77.4 cm³/mol. The van der Waals surface area contributed by atoms with E-state index < -0.39 is 0 Å². The lowest BCUT2D eigenvalue weighted by Gasteiger charge is -2.14. The minimum absolute atomic E-state index is 0.0412. The molecular weight excluding hydrogens is 240 g/mol. The second-order valence-electron chi connectivity index (χ2n) is 4.34. The number of methoxy groups -OCH3 is 1. The van der Waals surface area contributed by atoms with Crippen LogP contribution in [0.4, 0.5) is 0 Å². The molecule has 0 amide bonds. The Balaban J connectivity index is 2.96. The van der Waals surface area contributed by atoms with Gasteiger partial charge >= 0.3 is 5.97 Å². The van der Waals surface area contributed by atoms with Crippen LogP contribution in [0.3, 0.4) is 0 Å². The summed E-state index contributed by atoms with van der Waals surface area (Å²) in [5, 5.41) is 0. The largest absolute Gasteiger partial charge is 0.497 e. The van der Waals surface area contributed by atoms with Crippen molar-refractivity contribution in [1.29, 1.82) is 0 Å². The van der Waals surface area contributed by atoms with E-state index in [-0.39, 0.29) is 11.9 Å². The van der Waals surface area contributed by atoms with E-state index in [0.717, 1.165) is 24.2 Å². The Labute approximate surface area is 115 Å². The van der Waals surface area contributed by atoms with Crippen molar-refractivity contribution in [2.45, 2.75) is 33.6 Å². The number of carbonyl (C=O) groups excluding carboxylic acids is 1. The summed E-state index contributed by atoms with van der Waals surface area (Å²) in [7, 11) is 1.62. The van der Waals surface area contributed by atoms with E-state index in [1.165, 1.54) is 0 Å². The van der Waals surface area contributed by atoms with Gasteiger partial charge in [-0.1, -0.05) is 26.0 Å². The Kier molecular flexibility index (Phi) is 6.13. The van der Waals surface area contributed by atoms with Crippen LogP contribution in [0.2, 0.25) is 0 Å². The molecule has 1 aromatic rings. The van der Waals surface area contributed by atoms with E-state index in [1.807, 2.05) is 39.0 Å². The van der Waals surface area contributed by atoms with E-state index in [2.05, 4.69) is 0 Å². The highest BCUT2D eigenvalue weighted by Crippen LogP contribution is 2.26. The first kappa shape index (κ1) is 15.3. The number of allylic oxidation sites excluding steroid dienone is 1. The molecule has 0 radical (unpaired) electrons. The summed E-state index contributed by atoms with van der Waals surface area (Å²) in [5.41, 5.74) is 0.848. The van der Waals surface area contributed by atoms with E-state index in [0.29, 0.717) is 5.75 Å². The van der Waals surface area contributed by atoms with Gasteiger partial charge in [-0.3, -0.25) is 4.79 Å². The molecule has 0 heterocycles. The van der Waals surface area contributed by atoms with Crippen LogP contribution in [-0.2, 0) is 4.79 Å². The molecule has 0 aromatic heterocycles. The summed E-state index contributed by atoms with van der Waals surface area (Å²) >= 11 is 0. The lowest BCUT2D eigenvalue weighted by atomic mass is 10.0. The Morgan fingerprint density at radius 2 is 2.00 bits per heavy atom. The van der Waals surface area contributed by atoms with Crippen LogP contribution >= 0.6 is 0 Å². The highest BCUT2D eigenvalue weighted by Gasteiger charge is 2.17. The van der Waals surface area contributed by atoms with Gasteiger partial charge in [-0.05, 0) is 38.0 Å². The van der Waals surface area contributed by atoms with Gasteiger partial charge in [0.25, 0.3) is 0 Å². The average molecular weight is 262 g/mol. The monoisotopic (exact) mass is 262 g/mol. The van der Waals surface area contributed by atoms with Crippen LogP contribution in [0, 0.1) is 5.92 Å². The van der Waals surface area contributed by atoms with Crippen LogP contribution in [0.25, 0.3) is 6.08 Å². The first-order chi connectivity index (χ1) is 9.15. The number of hydrogen-bond donors (Lipinski definition) is 0. The van der Waals surface area contributed by atoms with Gasteiger partial charge in [0.2, 0.25) is 0 Å². The molecule has 1 rings (SSSR count). The second kappa shape index (κ2) is 7.62. The first-order valence-electron chi connectivity index (χ1n) is 6.68. The van der Waals surface area contributed by atoms with Gasteiger partial charge in [-0.25, -0.2) is 0 Å². The zero-order chi connectivity index (χ0) is 14.3. The Morgan fingerprint density at radius 1 is 1.32 bits per heavy atom. The molecule has 0 fully saturated rings. The molecule has 0 bridgehead atoms. The number of hydrogen-bond acceptors (Lipinski definition) is 3. The van der Waals surface area contributed by atoms with Gasteiger partial charge in [0.15, 0.2) is 0 Å². The summed E-state index contributed by atoms with van der Waals surface area (Å²) in [4.78, 5) is 12.0. The normalized spacial score (nSPS) is 11.0. The fourth-order valence-electron chi connectivity index (χ4n) is 1.87.